The fourth-order valence-corrected chi connectivity index (χ4v) is 2.78. The molecule has 2 fully saturated rings. The lowest BCUT2D eigenvalue weighted by atomic mass is 9.81. The van der Waals surface area contributed by atoms with Crippen molar-refractivity contribution in [3.05, 3.63) is 0 Å². The molecule has 2 rings (SSSR count). The number of methoxy groups -OCH3 is 1. The Balaban J connectivity index is 1.85. The summed E-state index contributed by atoms with van der Waals surface area (Å²) in [4.78, 5) is 2.57. The molecule has 0 aromatic carbocycles. The number of likely N-dealkylation sites (tertiary alicyclic amines) is 1. The van der Waals surface area contributed by atoms with Crippen molar-refractivity contribution >= 4 is 0 Å². The summed E-state index contributed by atoms with van der Waals surface area (Å²) in [5.74, 6) is 1.74. The molecule has 2 aliphatic rings. The summed E-state index contributed by atoms with van der Waals surface area (Å²) < 4.78 is 5.14. The first-order valence-electron chi connectivity index (χ1n) is 5.74. The smallest absolute Gasteiger partial charge is 0.0589 e. The standard InChI is InChI=1S/C11H22N2O/c1-9-11-5-10(6-12-9)7-13(8-11)3-4-14-2/h9-12H,3-8H2,1-2H3. The van der Waals surface area contributed by atoms with Crippen LogP contribution in [0.5, 0.6) is 0 Å². The summed E-state index contributed by atoms with van der Waals surface area (Å²) in [6, 6.07) is 0.705. The van der Waals surface area contributed by atoms with Crippen LogP contribution in [-0.4, -0.2) is 50.8 Å². The van der Waals surface area contributed by atoms with Gasteiger partial charge in [0.2, 0.25) is 0 Å². The number of fused-ring (bicyclic) bond motifs is 2. The van der Waals surface area contributed by atoms with E-state index in [1.54, 1.807) is 7.11 Å². The van der Waals surface area contributed by atoms with E-state index in [0.717, 1.165) is 25.0 Å². The van der Waals surface area contributed by atoms with Gasteiger partial charge in [-0.1, -0.05) is 0 Å². The van der Waals surface area contributed by atoms with E-state index in [4.69, 9.17) is 4.74 Å². The Hall–Kier alpha value is -0.120. The number of nitrogens with one attached hydrogen (secondary N) is 1. The van der Waals surface area contributed by atoms with Crippen molar-refractivity contribution in [3.63, 3.8) is 0 Å². The Morgan fingerprint density at radius 1 is 1.43 bits per heavy atom. The average molecular weight is 198 g/mol. The van der Waals surface area contributed by atoms with Crippen molar-refractivity contribution < 1.29 is 4.74 Å². The van der Waals surface area contributed by atoms with Crippen LogP contribution in [0.4, 0.5) is 0 Å². The van der Waals surface area contributed by atoms with E-state index in [1.807, 2.05) is 0 Å². The monoisotopic (exact) mass is 198 g/mol. The summed E-state index contributed by atoms with van der Waals surface area (Å²) in [6.07, 6.45) is 1.43. The van der Waals surface area contributed by atoms with Gasteiger partial charge in [0.15, 0.2) is 0 Å². The summed E-state index contributed by atoms with van der Waals surface area (Å²) in [6.45, 7) is 8.03. The summed E-state index contributed by atoms with van der Waals surface area (Å²) in [5.41, 5.74) is 0. The first kappa shape index (κ1) is 10.4. The van der Waals surface area contributed by atoms with Crippen LogP contribution >= 0.6 is 0 Å². The maximum absolute atomic E-state index is 5.14. The topological polar surface area (TPSA) is 24.5 Å². The van der Waals surface area contributed by atoms with Gasteiger partial charge in [-0.05, 0) is 31.7 Å². The van der Waals surface area contributed by atoms with Gasteiger partial charge >= 0.3 is 0 Å². The zero-order valence-electron chi connectivity index (χ0n) is 9.33. The lowest BCUT2D eigenvalue weighted by Crippen LogP contribution is -2.55. The molecule has 0 spiro atoms. The second-order valence-electron chi connectivity index (χ2n) is 4.81. The summed E-state index contributed by atoms with van der Waals surface area (Å²) >= 11 is 0. The Bertz CT molecular complexity index is 186. The molecule has 3 heteroatoms. The van der Waals surface area contributed by atoms with Gasteiger partial charge in [-0.25, -0.2) is 0 Å². The minimum atomic E-state index is 0.705. The number of hydrogen-bond acceptors (Lipinski definition) is 3. The van der Waals surface area contributed by atoms with Crippen molar-refractivity contribution in [1.29, 1.82) is 0 Å². The van der Waals surface area contributed by atoms with Gasteiger partial charge in [0, 0.05) is 32.8 Å². The Morgan fingerprint density at radius 3 is 3.07 bits per heavy atom. The molecule has 14 heavy (non-hydrogen) atoms. The van der Waals surface area contributed by atoms with Crippen LogP contribution in [0.15, 0.2) is 0 Å². The van der Waals surface area contributed by atoms with Crippen molar-refractivity contribution in [1.82, 2.24) is 10.2 Å². The van der Waals surface area contributed by atoms with Gasteiger partial charge in [0.25, 0.3) is 0 Å². The number of rotatable bonds is 3. The van der Waals surface area contributed by atoms with Gasteiger partial charge in [-0.2, -0.15) is 0 Å². The van der Waals surface area contributed by atoms with Gasteiger partial charge in [0.1, 0.15) is 0 Å². The first-order valence-corrected chi connectivity index (χ1v) is 5.74. The van der Waals surface area contributed by atoms with Crippen LogP contribution in [-0.2, 0) is 4.74 Å². The van der Waals surface area contributed by atoms with E-state index < -0.39 is 0 Å². The van der Waals surface area contributed by atoms with E-state index in [1.165, 1.54) is 26.1 Å². The highest BCUT2D eigenvalue weighted by molar-refractivity contribution is 4.90. The van der Waals surface area contributed by atoms with Gasteiger partial charge in [-0.15, -0.1) is 0 Å². The van der Waals surface area contributed by atoms with Crippen molar-refractivity contribution in [3.8, 4) is 0 Å². The minimum absolute atomic E-state index is 0.705. The van der Waals surface area contributed by atoms with Crippen molar-refractivity contribution in [2.75, 3.05) is 39.9 Å². The van der Waals surface area contributed by atoms with E-state index in [9.17, 15) is 0 Å². The quantitative estimate of drug-likeness (QED) is 0.717. The van der Waals surface area contributed by atoms with Crippen molar-refractivity contribution in [2.45, 2.75) is 19.4 Å². The number of piperidine rings is 2. The molecule has 0 amide bonds. The predicted molar refractivity (Wildman–Crippen MR) is 57.4 cm³/mol. The Kier molecular flexibility index (Phi) is 3.42. The molecule has 0 radical (unpaired) electrons. The number of nitrogens with zero attached hydrogens (tertiary/aromatic N) is 1. The zero-order chi connectivity index (χ0) is 9.97. The molecule has 2 bridgehead atoms. The molecule has 1 N–H and O–H groups in total. The SMILES string of the molecule is COCCN1CC2CNC(C)C(C2)C1. The largest absolute Gasteiger partial charge is 0.383 e. The second kappa shape index (κ2) is 4.60. The average Bonchev–Trinajstić information content (AvgIpc) is 2.21. The zero-order valence-corrected chi connectivity index (χ0v) is 9.33. The Morgan fingerprint density at radius 2 is 2.29 bits per heavy atom. The van der Waals surface area contributed by atoms with E-state index in [-0.39, 0.29) is 0 Å². The maximum Gasteiger partial charge on any atom is 0.0589 e. The molecular formula is C11H22N2O. The third kappa shape index (κ3) is 2.27. The first-order chi connectivity index (χ1) is 6.79. The van der Waals surface area contributed by atoms with Gasteiger partial charge in [0.05, 0.1) is 6.61 Å². The minimum Gasteiger partial charge on any atom is -0.383 e. The molecule has 2 saturated heterocycles. The van der Waals surface area contributed by atoms with Crippen molar-refractivity contribution in [2.24, 2.45) is 11.8 Å². The molecule has 3 nitrogen and oxygen atoms in total. The van der Waals surface area contributed by atoms with Crippen LogP contribution in [0.3, 0.4) is 0 Å². The van der Waals surface area contributed by atoms with Gasteiger partial charge in [-0.3, -0.25) is 0 Å². The molecule has 2 heterocycles. The molecular weight excluding hydrogens is 176 g/mol. The highest BCUT2D eigenvalue weighted by Crippen LogP contribution is 2.27. The lowest BCUT2D eigenvalue weighted by Gasteiger charge is -2.44. The van der Waals surface area contributed by atoms with Crippen LogP contribution in [0, 0.1) is 11.8 Å². The molecule has 0 aliphatic carbocycles. The van der Waals surface area contributed by atoms with Crippen LogP contribution < -0.4 is 5.32 Å². The van der Waals surface area contributed by atoms with E-state index in [0.29, 0.717) is 6.04 Å². The third-order valence-corrected chi connectivity index (χ3v) is 3.69. The fourth-order valence-electron chi connectivity index (χ4n) is 2.78. The molecule has 3 atom stereocenters. The van der Waals surface area contributed by atoms with E-state index in [2.05, 4.69) is 17.1 Å². The molecule has 0 saturated carbocycles. The second-order valence-corrected chi connectivity index (χ2v) is 4.81. The molecule has 0 aromatic heterocycles. The summed E-state index contributed by atoms with van der Waals surface area (Å²) in [5, 5.41) is 3.60. The normalized spacial score (nSPS) is 38.6. The molecule has 0 aromatic rings. The van der Waals surface area contributed by atoms with Crippen LogP contribution in [0.2, 0.25) is 0 Å². The highest BCUT2D eigenvalue weighted by atomic mass is 16.5. The maximum atomic E-state index is 5.14. The summed E-state index contributed by atoms with van der Waals surface area (Å²) in [7, 11) is 1.79. The van der Waals surface area contributed by atoms with Crippen LogP contribution in [0.25, 0.3) is 0 Å². The highest BCUT2D eigenvalue weighted by Gasteiger charge is 2.33. The van der Waals surface area contributed by atoms with Crippen LogP contribution in [0.1, 0.15) is 13.3 Å². The Labute approximate surface area is 86.8 Å². The number of ether oxygens (including phenoxy) is 1. The molecule has 82 valence electrons. The van der Waals surface area contributed by atoms with Gasteiger partial charge < -0.3 is 15.0 Å². The lowest BCUT2D eigenvalue weighted by molar-refractivity contribution is 0.0530. The third-order valence-electron chi connectivity index (χ3n) is 3.69. The molecule has 2 aliphatic heterocycles. The fraction of sp³-hybridized carbons (Fsp3) is 1.00. The predicted octanol–water partition coefficient (Wildman–Crippen LogP) is 0.563. The number of hydrogen-bond donors (Lipinski definition) is 1. The van der Waals surface area contributed by atoms with E-state index >= 15 is 0 Å². The molecule has 3 unspecified atom stereocenters.